The lowest BCUT2D eigenvalue weighted by atomic mass is 10.1. The van der Waals surface area contributed by atoms with E-state index in [2.05, 4.69) is 21.3 Å². The lowest BCUT2D eigenvalue weighted by Gasteiger charge is -2.01. The van der Waals surface area contributed by atoms with Gasteiger partial charge in [-0.25, -0.2) is 4.98 Å². The Morgan fingerprint density at radius 3 is 3.00 bits per heavy atom. The molecule has 0 amide bonds. The number of nitro benzene ring substituents is 1. The van der Waals surface area contributed by atoms with Crippen LogP contribution < -0.4 is 0 Å². The van der Waals surface area contributed by atoms with Crippen molar-refractivity contribution >= 4 is 28.7 Å². The van der Waals surface area contributed by atoms with E-state index in [1.165, 1.54) is 23.5 Å². The van der Waals surface area contributed by atoms with Crippen molar-refractivity contribution in [2.45, 2.75) is 0 Å². The van der Waals surface area contributed by atoms with Crippen LogP contribution >= 0.6 is 11.3 Å². The van der Waals surface area contributed by atoms with E-state index in [0.717, 1.165) is 0 Å². The van der Waals surface area contributed by atoms with Crippen molar-refractivity contribution in [2.24, 2.45) is 0 Å². The van der Waals surface area contributed by atoms with Crippen molar-refractivity contribution < 1.29 is 9.34 Å². The second-order valence-corrected chi connectivity index (χ2v) is 6.55. The smallest absolute Gasteiger partial charge is 0.270 e. The van der Waals surface area contributed by atoms with Crippen molar-refractivity contribution in [3.8, 4) is 28.8 Å². The third kappa shape index (κ3) is 3.32. The van der Waals surface area contributed by atoms with Gasteiger partial charge >= 0.3 is 0 Å². The highest BCUT2D eigenvalue weighted by Gasteiger charge is 2.14. The zero-order valence-corrected chi connectivity index (χ0v) is 15.0. The van der Waals surface area contributed by atoms with Crippen LogP contribution in [0.15, 0.2) is 58.7 Å². The number of H-pyrrole nitrogens is 1. The average molecular weight is 389 g/mol. The molecule has 136 valence electrons. The van der Waals surface area contributed by atoms with Crippen LogP contribution in [0.3, 0.4) is 0 Å². The van der Waals surface area contributed by atoms with Gasteiger partial charge in [-0.2, -0.15) is 10.4 Å². The van der Waals surface area contributed by atoms with Crippen molar-refractivity contribution in [1.82, 2.24) is 15.2 Å². The van der Waals surface area contributed by atoms with Crippen LogP contribution in [-0.4, -0.2) is 20.1 Å². The summed E-state index contributed by atoms with van der Waals surface area (Å²) in [6.07, 6.45) is 4.78. The van der Waals surface area contributed by atoms with E-state index in [9.17, 15) is 15.4 Å². The number of nitriles is 1. The Labute approximate surface area is 162 Å². The maximum absolute atomic E-state index is 11.0. The van der Waals surface area contributed by atoms with Crippen LogP contribution in [0.5, 0.6) is 0 Å². The molecule has 0 aliphatic rings. The van der Waals surface area contributed by atoms with E-state index >= 15 is 0 Å². The molecule has 0 unspecified atom stereocenters. The molecule has 0 fully saturated rings. The molecule has 0 spiro atoms. The summed E-state index contributed by atoms with van der Waals surface area (Å²) in [5.74, 6) is 0.625. The Balaban J connectivity index is 1.71. The number of rotatable bonds is 5. The number of aromatic amines is 1. The first-order valence-electron chi connectivity index (χ1n) is 8.05. The molecule has 0 atom stereocenters. The average Bonchev–Trinajstić information content (AvgIpc) is 3.47. The molecule has 0 radical (unpaired) electrons. The SMILES string of the molecule is N#C/C(=C/c1cn[nH]c1-c1cccc([N+](=O)[O-])c1)c1nc(-c2ccco2)cs1. The molecule has 1 N–H and O–H groups in total. The van der Waals surface area contributed by atoms with E-state index in [4.69, 9.17) is 4.42 Å². The lowest BCUT2D eigenvalue weighted by Crippen LogP contribution is -1.89. The minimum absolute atomic E-state index is 0.0226. The highest BCUT2D eigenvalue weighted by molar-refractivity contribution is 7.11. The fraction of sp³-hybridized carbons (Fsp3) is 0. The molecule has 4 rings (SSSR count). The van der Waals surface area contributed by atoms with Crippen LogP contribution in [-0.2, 0) is 0 Å². The van der Waals surface area contributed by atoms with Crippen molar-refractivity contribution in [3.63, 3.8) is 0 Å². The summed E-state index contributed by atoms with van der Waals surface area (Å²) in [4.78, 5) is 15.0. The Hall–Kier alpha value is -4.03. The highest BCUT2D eigenvalue weighted by atomic mass is 32.1. The topological polar surface area (TPSA) is 122 Å². The normalized spacial score (nSPS) is 11.3. The maximum Gasteiger partial charge on any atom is 0.270 e. The van der Waals surface area contributed by atoms with Crippen LogP contribution in [0.1, 0.15) is 10.6 Å². The maximum atomic E-state index is 11.0. The first-order chi connectivity index (χ1) is 13.7. The first-order valence-corrected chi connectivity index (χ1v) is 8.93. The van der Waals surface area contributed by atoms with Crippen LogP contribution in [0, 0.1) is 21.4 Å². The summed E-state index contributed by atoms with van der Waals surface area (Å²) in [6, 6.07) is 11.9. The van der Waals surface area contributed by atoms with E-state index in [1.807, 2.05) is 5.38 Å². The van der Waals surface area contributed by atoms with Gasteiger partial charge in [0.05, 0.1) is 28.7 Å². The number of nitrogens with zero attached hydrogens (tertiary/aromatic N) is 4. The molecular weight excluding hydrogens is 378 g/mol. The standard InChI is InChI=1S/C19H11N5O3S/c20-9-13(19-22-16(11-28-19)17-5-2-6-27-17)7-14-10-21-23-18(14)12-3-1-4-15(8-12)24(25)26/h1-8,10-11H,(H,21,23)/b13-7-. The number of furan rings is 1. The second-order valence-electron chi connectivity index (χ2n) is 5.69. The largest absolute Gasteiger partial charge is 0.463 e. The zero-order chi connectivity index (χ0) is 19.5. The Morgan fingerprint density at radius 1 is 1.36 bits per heavy atom. The predicted octanol–water partition coefficient (Wildman–Crippen LogP) is 4.77. The van der Waals surface area contributed by atoms with Crippen LogP contribution in [0.2, 0.25) is 0 Å². The Morgan fingerprint density at radius 2 is 2.25 bits per heavy atom. The number of nitro groups is 1. The predicted molar refractivity (Wildman–Crippen MR) is 104 cm³/mol. The summed E-state index contributed by atoms with van der Waals surface area (Å²) in [5.41, 5.74) is 2.80. The molecule has 3 heterocycles. The van der Waals surface area contributed by atoms with Gasteiger partial charge < -0.3 is 4.42 Å². The summed E-state index contributed by atoms with van der Waals surface area (Å²) in [7, 11) is 0. The molecule has 1 aromatic carbocycles. The molecule has 8 nitrogen and oxygen atoms in total. The van der Waals surface area contributed by atoms with E-state index < -0.39 is 4.92 Å². The van der Waals surface area contributed by atoms with Gasteiger partial charge in [0.25, 0.3) is 5.69 Å². The summed E-state index contributed by atoms with van der Waals surface area (Å²) >= 11 is 1.33. The fourth-order valence-electron chi connectivity index (χ4n) is 2.64. The van der Waals surface area contributed by atoms with Crippen molar-refractivity contribution in [2.75, 3.05) is 0 Å². The van der Waals surface area contributed by atoms with Gasteiger partial charge in [0.15, 0.2) is 5.76 Å². The quantitative estimate of drug-likeness (QED) is 0.298. The van der Waals surface area contributed by atoms with Crippen molar-refractivity contribution in [1.29, 1.82) is 5.26 Å². The second kappa shape index (κ2) is 7.30. The molecule has 0 bridgehead atoms. The zero-order valence-electron chi connectivity index (χ0n) is 14.2. The number of allylic oxidation sites excluding steroid dienone is 1. The van der Waals surface area contributed by atoms with Gasteiger partial charge in [-0.3, -0.25) is 15.2 Å². The molecule has 4 aromatic rings. The van der Waals surface area contributed by atoms with E-state index in [-0.39, 0.29) is 5.69 Å². The molecule has 0 aliphatic carbocycles. The number of nitrogens with one attached hydrogen (secondary N) is 1. The summed E-state index contributed by atoms with van der Waals surface area (Å²) < 4.78 is 5.33. The van der Waals surface area contributed by atoms with Gasteiger partial charge in [-0.1, -0.05) is 12.1 Å². The molecule has 0 aliphatic heterocycles. The van der Waals surface area contributed by atoms with Gasteiger partial charge in [-0.05, 0) is 18.2 Å². The molecule has 3 aromatic heterocycles. The van der Waals surface area contributed by atoms with Crippen molar-refractivity contribution in [3.05, 3.63) is 74.9 Å². The molecule has 0 saturated carbocycles. The van der Waals surface area contributed by atoms with E-state index in [0.29, 0.717) is 38.9 Å². The number of hydrogen-bond donors (Lipinski definition) is 1. The molecular formula is C19H11N5O3S. The third-order valence-electron chi connectivity index (χ3n) is 3.94. The summed E-state index contributed by atoms with van der Waals surface area (Å²) in [6.45, 7) is 0. The highest BCUT2D eigenvalue weighted by Crippen LogP contribution is 2.30. The molecule has 28 heavy (non-hydrogen) atoms. The van der Waals surface area contributed by atoms with Gasteiger partial charge in [0.2, 0.25) is 0 Å². The Kier molecular flexibility index (Phi) is 4.53. The number of thiazole rings is 1. The number of benzene rings is 1. The number of aromatic nitrogens is 3. The van der Waals surface area contributed by atoms with E-state index in [1.54, 1.807) is 42.8 Å². The molecule has 9 heteroatoms. The monoisotopic (exact) mass is 389 g/mol. The first kappa shape index (κ1) is 17.4. The lowest BCUT2D eigenvalue weighted by molar-refractivity contribution is -0.384. The number of non-ortho nitro benzene ring substituents is 1. The van der Waals surface area contributed by atoms with Gasteiger partial charge in [-0.15, -0.1) is 11.3 Å². The fourth-order valence-corrected chi connectivity index (χ4v) is 3.42. The molecule has 0 saturated heterocycles. The number of hydrogen-bond acceptors (Lipinski definition) is 7. The summed E-state index contributed by atoms with van der Waals surface area (Å²) in [5, 5.41) is 29.8. The van der Waals surface area contributed by atoms with Crippen LogP contribution in [0.4, 0.5) is 5.69 Å². The van der Waals surface area contributed by atoms with Gasteiger partial charge in [0, 0.05) is 28.6 Å². The minimum atomic E-state index is -0.457. The van der Waals surface area contributed by atoms with Crippen LogP contribution in [0.25, 0.3) is 34.4 Å². The Bertz CT molecular complexity index is 1210. The minimum Gasteiger partial charge on any atom is -0.463 e. The van der Waals surface area contributed by atoms with Gasteiger partial charge in [0.1, 0.15) is 16.8 Å². The third-order valence-corrected chi connectivity index (χ3v) is 4.82.